The Morgan fingerprint density at radius 2 is 1.77 bits per heavy atom. The molecule has 2 saturated heterocycles. The first-order chi connectivity index (χ1) is 14.4. The number of benzene rings is 1. The van der Waals surface area contributed by atoms with E-state index in [0.29, 0.717) is 23.0 Å². The number of nitrogens with zero attached hydrogens (tertiary/aromatic N) is 5. The Labute approximate surface area is 176 Å². The summed E-state index contributed by atoms with van der Waals surface area (Å²) in [6.07, 6.45) is 2.55. The van der Waals surface area contributed by atoms with E-state index >= 15 is 0 Å². The van der Waals surface area contributed by atoms with Crippen LogP contribution in [0.15, 0.2) is 24.3 Å². The van der Waals surface area contributed by atoms with Crippen LogP contribution in [0.2, 0.25) is 0 Å². The van der Waals surface area contributed by atoms with E-state index in [4.69, 9.17) is 4.74 Å². The molecule has 8 heteroatoms. The van der Waals surface area contributed by atoms with Crippen LogP contribution in [-0.2, 0) is 4.74 Å². The zero-order chi connectivity index (χ0) is 21.3. The normalized spacial score (nSPS) is 23.7. The van der Waals surface area contributed by atoms with Crippen LogP contribution in [0.3, 0.4) is 0 Å². The first kappa shape index (κ1) is 20.9. The largest absolute Gasteiger partial charge is 0.373 e. The summed E-state index contributed by atoms with van der Waals surface area (Å²) in [6, 6.07) is 6.01. The van der Waals surface area contributed by atoms with E-state index in [2.05, 4.69) is 29.1 Å². The number of likely N-dealkylation sites (tertiary alicyclic amines) is 1. The lowest BCUT2D eigenvalue weighted by atomic mass is 9.95. The monoisotopic (exact) mass is 415 g/mol. The SMILES string of the molecule is Cc1c(C(=O)N2CCC(CN3CC(C)OC(C)C3)CC2)nnn1-c1ccc(F)cc1. The van der Waals surface area contributed by atoms with E-state index in [-0.39, 0.29) is 23.9 Å². The molecular formula is C22H30FN5O2. The van der Waals surface area contributed by atoms with Gasteiger partial charge in [-0.15, -0.1) is 5.10 Å². The molecule has 4 rings (SSSR count). The van der Waals surface area contributed by atoms with Crippen LogP contribution < -0.4 is 0 Å². The first-order valence-electron chi connectivity index (χ1n) is 10.8. The Kier molecular flexibility index (Phi) is 6.15. The van der Waals surface area contributed by atoms with Crippen molar-refractivity contribution in [1.29, 1.82) is 0 Å². The van der Waals surface area contributed by atoms with Gasteiger partial charge in [-0.3, -0.25) is 9.69 Å². The highest BCUT2D eigenvalue weighted by Crippen LogP contribution is 2.23. The number of hydrogen-bond donors (Lipinski definition) is 0. The number of rotatable bonds is 4. The van der Waals surface area contributed by atoms with Crippen LogP contribution >= 0.6 is 0 Å². The number of ether oxygens (including phenoxy) is 1. The maximum atomic E-state index is 13.2. The van der Waals surface area contributed by atoms with Gasteiger partial charge in [-0.2, -0.15) is 0 Å². The molecule has 2 aliphatic rings. The van der Waals surface area contributed by atoms with Crippen molar-refractivity contribution in [1.82, 2.24) is 24.8 Å². The Morgan fingerprint density at radius 3 is 2.40 bits per heavy atom. The molecule has 0 aliphatic carbocycles. The van der Waals surface area contributed by atoms with Crippen LogP contribution in [0, 0.1) is 18.7 Å². The maximum Gasteiger partial charge on any atom is 0.276 e. The second-order valence-corrected chi connectivity index (χ2v) is 8.62. The number of halogens is 1. The fraction of sp³-hybridized carbons (Fsp3) is 0.591. The van der Waals surface area contributed by atoms with Gasteiger partial charge >= 0.3 is 0 Å². The van der Waals surface area contributed by atoms with Gasteiger partial charge in [0.25, 0.3) is 5.91 Å². The standard InChI is InChI=1S/C22H30FN5O2/c1-15-12-26(13-16(2)30-15)14-18-8-10-27(11-9-18)22(29)21-17(3)28(25-24-21)20-6-4-19(23)5-7-20/h4-7,15-16,18H,8-14H2,1-3H3. The average Bonchev–Trinajstić information content (AvgIpc) is 3.09. The highest BCUT2D eigenvalue weighted by molar-refractivity contribution is 5.93. The summed E-state index contributed by atoms with van der Waals surface area (Å²) in [5.41, 5.74) is 1.73. The van der Waals surface area contributed by atoms with Crippen molar-refractivity contribution in [2.24, 2.45) is 5.92 Å². The van der Waals surface area contributed by atoms with E-state index in [1.807, 2.05) is 11.8 Å². The van der Waals surface area contributed by atoms with Crippen LogP contribution in [0.4, 0.5) is 4.39 Å². The van der Waals surface area contributed by atoms with Gasteiger partial charge < -0.3 is 9.64 Å². The van der Waals surface area contributed by atoms with Gasteiger partial charge in [-0.05, 0) is 63.8 Å². The molecule has 1 aromatic heterocycles. The predicted molar refractivity (Wildman–Crippen MR) is 111 cm³/mol. The Hall–Kier alpha value is -2.32. The van der Waals surface area contributed by atoms with Crippen LogP contribution in [0.5, 0.6) is 0 Å². The molecule has 2 aromatic rings. The Bertz CT molecular complexity index is 866. The third kappa shape index (κ3) is 4.54. The van der Waals surface area contributed by atoms with Gasteiger partial charge in [-0.1, -0.05) is 5.21 Å². The zero-order valence-electron chi connectivity index (χ0n) is 17.9. The van der Waals surface area contributed by atoms with Gasteiger partial charge in [0.2, 0.25) is 0 Å². The molecule has 0 saturated carbocycles. The summed E-state index contributed by atoms with van der Waals surface area (Å²) in [5, 5.41) is 8.24. The molecule has 30 heavy (non-hydrogen) atoms. The highest BCUT2D eigenvalue weighted by atomic mass is 19.1. The zero-order valence-corrected chi connectivity index (χ0v) is 17.9. The quantitative estimate of drug-likeness (QED) is 0.768. The number of amides is 1. The molecule has 7 nitrogen and oxygen atoms in total. The number of carbonyl (C=O) groups excluding carboxylic acids is 1. The molecular weight excluding hydrogens is 385 g/mol. The molecule has 2 atom stereocenters. The van der Waals surface area contributed by atoms with Crippen LogP contribution in [0.25, 0.3) is 5.69 Å². The Balaban J connectivity index is 1.35. The summed E-state index contributed by atoms with van der Waals surface area (Å²) >= 11 is 0. The van der Waals surface area contributed by atoms with Crippen molar-refractivity contribution in [3.05, 3.63) is 41.5 Å². The molecule has 2 aliphatic heterocycles. The molecule has 0 N–H and O–H groups in total. The molecule has 1 aromatic carbocycles. The van der Waals surface area contributed by atoms with E-state index in [0.717, 1.165) is 45.6 Å². The van der Waals surface area contributed by atoms with Crippen LogP contribution in [0.1, 0.15) is 42.9 Å². The second-order valence-electron chi connectivity index (χ2n) is 8.62. The summed E-state index contributed by atoms with van der Waals surface area (Å²) in [6.45, 7) is 10.6. The van der Waals surface area contributed by atoms with E-state index in [1.54, 1.807) is 16.8 Å². The molecule has 2 unspecified atom stereocenters. The summed E-state index contributed by atoms with van der Waals surface area (Å²) < 4.78 is 20.6. The number of hydrogen-bond acceptors (Lipinski definition) is 5. The first-order valence-corrected chi connectivity index (χ1v) is 10.8. The van der Waals surface area contributed by atoms with Crippen molar-refractivity contribution in [2.45, 2.75) is 45.8 Å². The van der Waals surface area contributed by atoms with Crippen molar-refractivity contribution < 1.29 is 13.9 Å². The van der Waals surface area contributed by atoms with Gasteiger partial charge in [0.15, 0.2) is 5.69 Å². The van der Waals surface area contributed by atoms with Crippen molar-refractivity contribution in [3.8, 4) is 5.69 Å². The second kappa shape index (κ2) is 8.81. The summed E-state index contributed by atoms with van der Waals surface area (Å²) in [7, 11) is 0. The Morgan fingerprint density at radius 1 is 1.13 bits per heavy atom. The van der Waals surface area contributed by atoms with E-state index in [1.165, 1.54) is 12.1 Å². The van der Waals surface area contributed by atoms with E-state index < -0.39 is 0 Å². The number of piperidine rings is 1. The van der Waals surface area contributed by atoms with Crippen LogP contribution in [-0.4, -0.2) is 75.6 Å². The number of carbonyl (C=O) groups is 1. The minimum atomic E-state index is -0.309. The minimum absolute atomic E-state index is 0.0760. The summed E-state index contributed by atoms with van der Waals surface area (Å²) in [5.74, 6) is 0.215. The smallest absolute Gasteiger partial charge is 0.276 e. The fourth-order valence-corrected chi connectivity index (χ4v) is 4.62. The molecule has 3 heterocycles. The van der Waals surface area contributed by atoms with Gasteiger partial charge in [0.05, 0.1) is 23.6 Å². The predicted octanol–water partition coefficient (Wildman–Crippen LogP) is 2.68. The molecule has 0 spiro atoms. The third-order valence-corrected chi connectivity index (χ3v) is 6.08. The summed E-state index contributed by atoms with van der Waals surface area (Å²) in [4.78, 5) is 17.4. The molecule has 1 amide bonds. The lowest BCUT2D eigenvalue weighted by molar-refractivity contribution is -0.0728. The molecule has 0 bridgehead atoms. The average molecular weight is 416 g/mol. The lowest BCUT2D eigenvalue weighted by Gasteiger charge is -2.39. The van der Waals surface area contributed by atoms with Gasteiger partial charge in [-0.25, -0.2) is 9.07 Å². The highest BCUT2D eigenvalue weighted by Gasteiger charge is 2.30. The lowest BCUT2D eigenvalue weighted by Crippen LogP contribution is -2.48. The van der Waals surface area contributed by atoms with Crippen molar-refractivity contribution >= 4 is 5.91 Å². The topological polar surface area (TPSA) is 63.5 Å². The number of morpholine rings is 1. The van der Waals surface area contributed by atoms with Crippen molar-refractivity contribution in [2.75, 3.05) is 32.7 Å². The number of aromatic nitrogens is 3. The fourth-order valence-electron chi connectivity index (χ4n) is 4.62. The van der Waals surface area contributed by atoms with E-state index in [9.17, 15) is 9.18 Å². The van der Waals surface area contributed by atoms with Crippen molar-refractivity contribution in [3.63, 3.8) is 0 Å². The molecule has 162 valence electrons. The van der Waals surface area contributed by atoms with Gasteiger partial charge in [0, 0.05) is 32.7 Å². The molecule has 2 fully saturated rings. The minimum Gasteiger partial charge on any atom is -0.373 e. The third-order valence-electron chi connectivity index (χ3n) is 6.08. The maximum absolute atomic E-state index is 13.2. The molecule has 0 radical (unpaired) electrons. The van der Waals surface area contributed by atoms with Gasteiger partial charge in [0.1, 0.15) is 5.82 Å².